The number of amides is 2. The molecule has 0 saturated carbocycles. The van der Waals surface area contributed by atoms with E-state index < -0.39 is 24.2 Å². The van der Waals surface area contributed by atoms with Crippen LogP contribution >= 0.6 is 11.6 Å². The third-order valence-corrected chi connectivity index (χ3v) is 3.04. The third-order valence-electron chi connectivity index (χ3n) is 2.73. The molecule has 0 aliphatic heterocycles. The zero-order valence-electron chi connectivity index (χ0n) is 12.4. The van der Waals surface area contributed by atoms with E-state index in [1.807, 2.05) is 0 Å². The van der Waals surface area contributed by atoms with E-state index >= 15 is 0 Å². The average Bonchev–Trinajstić information content (AvgIpc) is 2.58. The van der Waals surface area contributed by atoms with Gasteiger partial charge < -0.3 is 9.47 Å². The van der Waals surface area contributed by atoms with Crippen molar-refractivity contribution in [1.29, 1.82) is 0 Å². The molecule has 6 nitrogen and oxygen atoms in total. The van der Waals surface area contributed by atoms with Crippen molar-refractivity contribution in [2.45, 2.75) is 0 Å². The fourth-order valence-electron chi connectivity index (χ4n) is 1.62. The van der Waals surface area contributed by atoms with Gasteiger partial charge in [0.25, 0.3) is 11.8 Å². The van der Waals surface area contributed by atoms with Crippen molar-refractivity contribution in [3.63, 3.8) is 0 Å². The summed E-state index contributed by atoms with van der Waals surface area (Å²) in [6.45, 7) is -0.787. The first-order valence-corrected chi connectivity index (χ1v) is 7.26. The SMILES string of the molecule is O=C(COc1ccccc1F)NNC(=O)COc1ccccc1Cl. The van der Waals surface area contributed by atoms with E-state index in [1.165, 1.54) is 18.2 Å². The molecule has 2 aromatic rings. The molecular weight excluding hydrogens is 339 g/mol. The van der Waals surface area contributed by atoms with Gasteiger partial charge in [0.05, 0.1) is 5.02 Å². The number of rotatable bonds is 6. The quantitative estimate of drug-likeness (QED) is 0.780. The standard InChI is InChI=1S/C16H14ClFN2O4/c17-11-5-1-3-7-13(11)23-9-15(21)19-20-16(22)10-24-14-8-4-2-6-12(14)18/h1-8H,9-10H2,(H,19,21)(H,20,22). The highest BCUT2D eigenvalue weighted by atomic mass is 35.5. The number of halogens is 2. The van der Waals surface area contributed by atoms with Gasteiger partial charge in [-0.3, -0.25) is 20.4 Å². The Labute approximate surface area is 142 Å². The molecule has 0 fully saturated rings. The number of carbonyl (C=O) groups excluding carboxylic acids is 2. The van der Waals surface area contributed by atoms with Gasteiger partial charge in [-0.15, -0.1) is 0 Å². The third kappa shape index (κ3) is 5.44. The zero-order valence-corrected chi connectivity index (χ0v) is 13.2. The number of ether oxygens (including phenoxy) is 2. The van der Waals surface area contributed by atoms with Gasteiger partial charge in [-0.25, -0.2) is 4.39 Å². The van der Waals surface area contributed by atoms with E-state index in [1.54, 1.807) is 30.3 Å². The highest BCUT2D eigenvalue weighted by Gasteiger charge is 2.09. The molecule has 0 radical (unpaired) electrons. The minimum atomic E-state index is -0.649. The van der Waals surface area contributed by atoms with E-state index in [2.05, 4.69) is 10.9 Å². The van der Waals surface area contributed by atoms with Crippen molar-refractivity contribution < 1.29 is 23.5 Å². The molecule has 0 bridgehead atoms. The fraction of sp³-hybridized carbons (Fsp3) is 0.125. The summed E-state index contributed by atoms with van der Waals surface area (Å²) in [6, 6.07) is 12.3. The summed E-state index contributed by atoms with van der Waals surface area (Å²) in [5.74, 6) is -1.52. The van der Waals surface area contributed by atoms with Crippen molar-refractivity contribution in [3.8, 4) is 11.5 Å². The van der Waals surface area contributed by atoms with Crippen molar-refractivity contribution in [1.82, 2.24) is 10.9 Å². The molecule has 0 spiro atoms. The smallest absolute Gasteiger partial charge is 0.276 e. The van der Waals surface area contributed by atoms with Crippen molar-refractivity contribution in [3.05, 3.63) is 59.4 Å². The van der Waals surface area contributed by atoms with E-state index in [0.29, 0.717) is 10.8 Å². The maximum atomic E-state index is 13.3. The van der Waals surface area contributed by atoms with Crippen LogP contribution in [0.15, 0.2) is 48.5 Å². The van der Waals surface area contributed by atoms with E-state index in [9.17, 15) is 14.0 Å². The second-order valence-corrected chi connectivity index (χ2v) is 4.94. The largest absolute Gasteiger partial charge is 0.482 e. The minimum absolute atomic E-state index is 0.0546. The van der Waals surface area contributed by atoms with Crippen LogP contribution in [-0.2, 0) is 9.59 Å². The highest BCUT2D eigenvalue weighted by molar-refractivity contribution is 6.32. The topological polar surface area (TPSA) is 76.7 Å². The van der Waals surface area contributed by atoms with Gasteiger partial charge in [0.2, 0.25) is 0 Å². The first-order valence-electron chi connectivity index (χ1n) is 6.88. The predicted molar refractivity (Wildman–Crippen MR) is 85.1 cm³/mol. The van der Waals surface area contributed by atoms with Crippen LogP contribution in [0.4, 0.5) is 4.39 Å². The molecule has 0 unspecified atom stereocenters. The molecule has 0 aliphatic carbocycles. The molecule has 2 amide bonds. The summed E-state index contributed by atoms with van der Waals surface area (Å²) in [5.41, 5.74) is 4.27. The Morgan fingerprint density at radius 1 is 0.875 bits per heavy atom. The van der Waals surface area contributed by atoms with Crippen LogP contribution in [0.25, 0.3) is 0 Å². The lowest BCUT2D eigenvalue weighted by atomic mass is 10.3. The van der Waals surface area contributed by atoms with Crippen LogP contribution in [0.3, 0.4) is 0 Å². The van der Waals surface area contributed by atoms with Gasteiger partial charge in [0, 0.05) is 0 Å². The monoisotopic (exact) mass is 352 g/mol. The molecule has 0 atom stereocenters. The molecule has 24 heavy (non-hydrogen) atoms. The lowest BCUT2D eigenvalue weighted by Gasteiger charge is -2.10. The van der Waals surface area contributed by atoms with Crippen LogP contribution in [0.1, 0.15) is 0 Å². The van der Waals surface area contributed by atoms with Crippen molar-refractivity contribution >= 4 is 23.4 Å². The van der Waals surface area contributed by atoms with Crippen LogP contribution in [0, 0.1) is 5.82 Å². The molecule has 0 heterocycles. The number of carbonyl (C=O) groups is 2. The van der Waals surface area contributed by atoms with Gasteiger partial charge in [0.1, 0.15) is 5.75 Å². The Bertz CT molecular complexity index is 665. The molecule has 0 aromatic heterocycles. The maximum Gasteiger partial charge on any atom is 0.276 e. The molecular formula is C16H14ClFN2O4. The molecule has 0 aliphatic rings. The number of benzene rings is 2. The minimum Gasteiger partial charge on any atom is -0.482 e. The second-order valence-electron chi connectivity index (χ2n) is 4.53. The van der Waals surface area contributed by atoms with Crippen LogP contribution in [0.2, 0.25) is 5.02 Å². The number of hydrogen-bond donors (Lipinski definition) is 2. The lowest BCUT2D eigenvalue weighted by molar-refractivity contribution is -0.131. The highest BCUT2D eigenvalue weighted by Crippen LogP contribution is 2.22. The summed E-state index contributed by atoms with van der Waals surface area (Å²) < 4.78 is 23.5. The summed E-state index contributed by atoms with van der Waals surface area (Å²) in [4.78, 5) is 23.1. The predicted octanol–water partition coefficient (Wildman–Crippen LogP) is 2.08. The molecule has 2 N–H and O–H groups in total. The Kier molecular flexibility index (Phi) is 6.39. The Balaban J connectivity index is 1.69. The molecule has 126 valence electrons. The lowest BCUT2D eigenvalue weighted by Crippen LogP contribution is -2.45. The number of nitrogens with one attached hydrogen (secondary N) is 2. The van der Waals surface area contributed by atoms with E-state index in [-0.39, 0.29) is 12.4 Å². The molecule has 2 aromatic carbocycles. The Morgan fingerprint density at radius 3 is 1.96 bits per heavy atom. The normalized spacial score (nSPS) is 9.92. The van der Waals surface area contributed by atoms with Crippen LogP contribution < -0.4 is 20.3 Å². The van der Waals surface area contributed by atoms with E-state index in [0.717, 1.165) is 0 Å². The molecule has 8 heteroatoms. The number of hydrazine groups is 1. The summed E-state index contributed by atoms with van der Waals surface area (Å²) >= 11 is 5.87. The van der Waals surface area contributed by atoms with Gasteiger partial charge in [-0.1, -0.05) is 35.9 Å². The van der Waals surface area contributed by atoms with Gasteiger partial charge in [0.15, 0.2) is 24.8 Å². The summed E-state index contributed by atoms with van der Waals surface area (Å²) in [5, 5.41) is 0.368. The number of hydrogen-bond acceptors (Lipinski definition) is 4. The summed E-state index contributed by atoms with van der Waals surface area (Å²) in [7, 11) is 0. The fourth-order valence-corrected chi connectivity index (χ4v) is 1.81. The first kappa shape index (κ1) is 17.6. The average molecular weight is 353 g/mol. The van der Waals surface area contributed by atoms with Crippen LogP contribution in [0.5, 0.6) is 11.5 Å². The summed E-state index contributed by atoms with van der Waals surface area (Å²) in [6.07, 6.45) is 0. The maximum absolute atomic E-state index is 13.3. The Hall–Kier alpha value is -2.80. The van der Waals surface area contributed by atoms with E-state index in [4.69, 9.17) is 21.1 Å². The van der Waals surface area contributed by atoms with Gasteiger partial charge in [-0.05, 0) is 24.3 Å². The number of para-hydroxylation sites is 2. The van der Waals surface area contributed by atoms with Crippen molar-refractivity contribution in [2.75, 3.05) is 13.2 Å². The van der Waals surface area contributed by atoms with Crippen molar-refractivity contribution in [2.24, 2.45) is 0 Å². The van der Waals surface area contributed by atoms with Gasteiger partial charge >= 0.3 is 0 Å². The molecule has 0 saturated heterocycles. The second kappa shape index (κ2) is 8.73. The van der Waals surface area contributed by atoms with Crippen LogP contribution in [-0.4, -0.2) is 25.0 Å². The zero-order chi connectivity index (χ0) is 17.4. The first-order chi connectivity index (χ1) is 11.6. The Morgan fingerprint density at radius 2 is 1.38 bits per heavy atom. The molecule has 2 rings (SSSR count). The van der Waals surface area contributed by atoms with Gasteiger partial charge in [-0.2, -0.15) is 0 Å².